The highest BCUT2D eigenvalue weighted by Crippen LogP contribution is 2.22. The lowest BCUT2D eigenvalue weighted by Gasteiger charge is -2.27. The molecule has 0 spiro atoms. The van der Waals surface area contributed by atoms with Crippen molar-refractivity contribution in [3.8, 4) is 0 Å². The molecule has 1 saturated carbocycles. The summed E-state index contributed by atoms with van der Waals surface area (Å²) in [7, 11) is 1.91. The zero-order valence-corrected chi connectivity index (χ0v) is 11.6. The number of nitrogens with zero attached hydrogens (tertiary/aromatic N) is 1. The van der Waals surface area contributed by atoms with Gasteiger partial charge in [-0.25, -0.2) is 4.39 Å². The predicted octanol–water partition coefficient (Wildman–Crippen LogP) is 1.93. The van der Waals surface area contributed by atoms with Gasteiger partial charge in [-0.15, -0.1) is 0 Å². The Labute approximate surface area is 114 Å². The van der Waals surface area contributed by atoms with E-state index in [1.807, 2.05) is 24.9 Å². The Bertz CT molecular complexity index is 409. The van der Waals surface area contributed by atoms with Crippen LogP contribution < -0.4 is 5.32 Å². The van der Waals surface area contributed by atoms with Crippen molar-refractivity contribution in [1.82, 2.24) is 10.2 Å². The topological polar surface area (TPSA) is 35.5 Å². The van der Waals surface area contributed by atoms with E-state index in [2.05, 4.69) is 5.32 Å². The van der Waals surface area contributed by atoms with Crippen molar-refractivity contribution in [3.63, 3.8) is 0 Å². The second kappa shape index (κ2) is 6.46. The Morgan fingerprint density at radius 3 is 2.74 bits per heavy atom. The van der Waals surface area contributed by atoms with E-state index in [0.717, 1.165) is 0 Å². The molecule has 1 aliphatic rings. The van der Waals surface area contributed by atoms with Crippen LogP contribution in [0.3, 0.4) is 0 Å². The molecule has 0 bridgehead atoms. The van der Waals surface area contributed by atoms with Crippen LogP contribution in [0.15, 0.2) is 24.3 Å². The normalized spacial score (nSPS) is 18.6. The van der Waals surface area contributed by atoms with Crippen LogP contribution in [0.5, 0.6) is 0 Å². The fraction of sp³-hybridized carbons (Fsp3) is 0.600. The lowest BCUT2D eigenvalue weighted by atomic mass is 10.1. The summed E-state index contributed by atoms with van der Waals surface area (Å²) in [5, 5.41) is 13.3. The summed E-state index contributed by atoms with van der Waals surface area (Å²) in [6.07, 6.45) is 2.02. The van der Waals surface area contributed by atoms with Gasteiger partial charge in [-0.3, -0.25) is 4.90 Å². The van der Waals surface area contributed by atoms with E-state index in [-0.39, 0.29) is 11.9 Å². The minimum atomic E-state index is -0.417. The van der Waals surface area contributed by atoms with Gasteiger partial charge in [-0.2, -0.15) is 0 Å². The van der Waals surface area contributed by atoms with Gasteiger partial charge in [0.15, 0.2) is 0 Å². The maximum absolute atomic E-state index is 13.7. The van der Waals surface area contributed by atoms with Gasteiger partial charge in [0.1, 0.15) is 5.82 Å². The highest BCUT2D eigenvalue weighted by molar-refractivity contribution is 5.20. The molecular weight excluding hydrogens is 243 g/mol. The zero-order chi connectivity index (χ0) is 13.8. The van der Waals surface area contributed by atoms with Gasteiger partial charge in [0.05, 0.1) is 6.10 Å². The van der Waals surface area contributed by atoms with Gasteiger partial charge >= 0.3 is 0 Å². The van der Waals surface area contributed by atoms with Crippen LogP contribution in [0, 0.1) is 5.82 Å². The van der Waals surface area contributed by atoms with E-state index in [4.69, 9.17) is 0 Å². The summed E-state index contributed by atoms with van der Waals surface area (Å²) in [6.45, 7) is 3.10. The molecule has 0 saturated heterocycles. The molecule has 4 heteroatoms. The van der Waals surface area contributed by atoms with Gasteiger partial charge in [-0.05, 0) is 32.9 Å². The van der Waals surface area contributed by atoms with Gasteiger partial charge < -0.3 is 10.4 Å². The molecule has 0 radical (unpaired) electrons. The number of likely N-dealkylation sites (N-methyl/N-ethyl adjacent to an activating group) is 1. The molecule has 2 unspecified atom stereocenters. The first-order chi connectivity index (χ1) is 9.08. The molecular formula is C15H23FN2O. The maximum Gasteiger partial charge on any atom is 0.127 e. The lowest BCUT2D eigenvalue weighted by Crippen LogP contribution is -2.38. The van der Waals surface area contributed by atoms with Crippen LogP contribution in [0.1, 0.15) is 31.4 Å². The number of nitrogens with one attached hydrogen (secondary N) is 1. The summed E-state index contributed by atoms with van der Waals surface area (Å²) < 4.78 is 13.7. The Hall–Kier alpha value is -0.970. The summed E-state index contributed by atoms with van der Waals surface area (Å²) in [4.78, 5) is 1.98. The monoisotopic (exact) mass is 266 g/mol. The van der Waals surface area contributed by atoms with Crippen molar-refractivity contribution in [2.75, 3.05) is 20.1 Å². The Kier molecular flexibility index (Phi) is 4.91. The third-order valence-electron chi connectivity index (χ3n) is 3.73. The number of aliphatic hydroxyl groups is 1. The van der Waals surface area contributed by atoms with Crippen LogP contribution >= 0.6 is 0 Å². The average Bonchev–Trinajstić information content (AvgIpc) is 3.20. The minimum absolute atomic E-state index is 0.0447. The van der Waals surface area contributed by atoms with E-state index < -0.39 is 6.10 Å². The molecule has 0 aromatic heterocycles. The molecule has 19 heavy (non-hydrogen) atoms. The van der Waals surface area contributed by atoms with Gasteiger partial charge in [0.2, 0.25) is 0 Å². The molecule has 3 nitrogen and oxygen atoms in total. The highest BCUT2D eigenvalue weighted by atomic mass is 19.1. The van der Waals surface area contributed by atoms with E-state index in [1.165, 1.54) is 18.9 Å². The Morgan fingerprint density at radius 1 is 1.42 bits per heavy atom. The molecule has 1 aliphatic carbocycles. The third-order valence-corrected chi connectivity index (χ3v) is 3.73. The third kappa shape index (κ3) is 4.27. The van der Waals surface area contributed by atoms with Crippen molar-refractivity contribution in [3.05, 3.63) is 35.6 Å². The highest BCUT2D eigenvalue weighted by Gasteiger charge is 2.22. The molecule has 2 N–H and O–H groups in total. The van der Waals surface area contributed by atoms with Crippen molar-refractivity contribution in [1.29, 1.82) is 0 Å². The number of rotatable bonds is 7. The molecule has 1 fully saturated rings. The van der Waals surface area contributed by atoms with E-state index in [0.29, 0.717) is 24.7 Å². The Morgan fingerprint density at radius 2 is 2.11 bits per heavy atom. The summed E-state index contributed by atoms with van der Waals surface area (Å²) >= 11 is 0. The van der Waals surface area contributed by atoms with E-state index >= 15 is 0 Å². The number of benzene rings is 1. The second-order valence-electron chi connectivity index (χ2n) is 5.47. The molecule has 0 heterocycles. The smallest absolute Gasteiger partial charge is 0.127 e. The van der Waals surface area contributed by atoms with Crippen LogP contribution in [0.4, 0.5) is 4.39 Å². The van der Waals surface area contributed by atoms with Crippen molar-refractivity contribution in [2.45, 2.75) is 38.0 Å². The van der Waals surface area contributed by atoms with E-state index in [1.54, 1.807) is 12.1 Å². The lowest BCUT2D eigenvalue weighted by molar-refractivity contribution is 0.106. The number of hydrogen-bond acceptors (Lipinski definition) is 3. The minimum Gasteiger partial charge on any atom is -0.390 e. The molecule has 0 aliphatic heterocycles. The molecule has 106 valence electrons. The van der Waals surface area contributed by atoms with Crippen LogP contribution in [-0.4, -0.2) is 42.3 Å². The molecule has 2 rings (SSSR count). The SMILES string of the molecule is CC(c1ccccc1F)N(C)CC(O)CNC1CC1. The summed E-state index contributed by atoms with van der Waals surface area (Å²) in [5.74, 6) is -0.188. The summed E-state index contributed by atoms with van der Waals surface area (Å²) in [6, 6.07) is 7.37. The zero-order valence-electron chi connectivity index (χ0n) is 11.6. The number of halogens is 1. The van der Waals surface area contributed by atoms with Crippen LogP contribution in [0.25, 0.3) is 0 Å². The van der Waals surface area contributed by atoms with Crippen molar-refractivity contribution < 1.29 is 9.50 Å². The number of hydrogen-bond donors (Lipinski definition) is 2. The van der Waals surface area contributed by atoms with E-state index in [9.17, 15) is 9.50 Å². The summed E-state index contributed by atoms with van der Waals surface area (Å²) in [5.41, 5.74) is 0.673. The second-order valence-corrected chi connectivity index (χ2v) is 5.47. The molecule has 0 amide bonds. The quantitative estimate of drug-likeness (QED) is 0.791. The molecule has 2 atom stereocenters. The van der Waals surface area contributed by atoms with Crippen LogP contribution in [-0.2, 0) is 0 Å². The first kappa shape index (κ1) is 14.4. The van der Waals surface area contributed by atoms with Gasteiger partial charge in [-0.1, -0.05) is 18.2 Å². The van der Waals surface area contributed by atoms with Crippen molar-refractivity contribution >= 4 is 0 Å². The fourth-order valence-electron chi connectivity index (χ4n) is 2.20. The van der Waals surface area contributed by atoms with Crippen LogP contribution in [0.2, 0.25) is 0 Å². The fourth-order valence-corrected chi connectivity index (χ4v) is 2.20. The van der Waals surface area contributed by atoms with Gasteiger partial charge in [0, 0.05) is 30.7 Å². The number of aliphatic hydroxyl groups excluding tert-OH is 1. The largest absolute Gasteiger partial charge is 0.390 e. The van der Waals surface area contributed by atoms with Crippen molar-refractivity contribution in [2.24, 2.45) is 0 Å². The molecule has 1 aromatic carbocycles. The van der Waals surface area contributed by atoms with Gasteiger partial charge in [0.25, 0.3) is 0 Å². The predicted molar refractivity (Wildman–Crippen MR) is 74.5 cm³/mol. The average molecular weight is 266 g/mol. The molecule has 1 aromatic rings. The standard InChI is InChI=1S/C15H23FN2O/c1-11(14-5-3-4-6-15(14)16)18(2)10-13(19)9-17-12-7-8-12/h3-6,11-13,17,19H,7-10H2,1-2H3. The maximum atomic E-state index is 13.7. The Balaban J connectivity index is 1.84. The first-order valence-electron chi connectivity index (χ1n) is 6.94. The first-order valence-corrected chi connectivity index (χ1v) is 6.94.